The molecule has 0 bridgehead atoms. The summed E-state index contributed by atoms with van der Waals surface area (Å²) in [4.78, 5) is 20.8. The fourth-order valence-electron chi connectivity index (χ4n) is 3.02. The number of thiophene rings is 1. The third-order valence-electron chi connectivity index (χ3n) is 4.63. The van der Waals surface area contributed by atoms with Crippen LogP contribution < -0.4 is 5.56 Å². The Morgan fingerprint density at radius 3 is 2.69 bits per heavy atom. The minimum atomic E-state index is -0.294. The first-order valence-electron chi connectivity index (χ1n) is 8.34. The average molecular weight is 364 g/mol. The number of nitrogens with one attached hydrogen (secondary N) is 1. The molecule has 0 atom stereocenters. The Morgan fingerprint density at radius 2 is 1.92 bits per heavy atom. The van der Waals surface area contributed by atoms with Crippen molar-refractivity contribution < 1.29 is 4.39 Å². The molecule has 0 unspecified atom stereocenters. The Kier molecular flexibility index (Phi) is 4.17. The van der Waals surface area contributed by atoms with E-state index in [0.717, 1.165) is 11.1 Å². The standard InChI is InChI=1S/C21H17FN2OS/c1-12-7-8-14(9-13(12)2)16-11-26-21-19(16)20(25)23-18(24-21)10-15-5-3-4-6-17(15)22/h3-9,11H,10H2,1-2H3,(H,23,24,25). The molecular weight excluding hydrogens is 347 g/mol. The molecule has 4 aromatic rings. The van der Waals surface area contributed by atoms with E-state index in [2.05, 4.69) is 35.9 Å². The molecule has 26 heavy (non-hydrogen) atoms. The maximum atomic E-state index is 13.9. The third kappa shape index (κ3) is 2.95. The van der Waals surface area contributed by atoms with Crippen LogP contribution in [0.3, 0.4) is 0 Å². The lowest BCUT2D eigenvalue weighted by Gasteiger charge is -2.05. The third-order valence-corrected chi connectivity index (χ3v) is 5.50. The van der Waals surface area contributed by atoms with Gasteiger partial charge in [0.1, 0.15) is 16.5 Å². The lowest BCUT2D eigenvalue weighted by Crippen LogP contribution is -2.12. The van der Waals surface area contributed by atoms with Crippen molar-refractivity contribution in [2.24, 2.45) is 0 Å². The fraction of sp³-hybridized carbons (Fsp3) is 0.143. The SMILES string of the molecule is Cc1ccc(-c2csc3nc(Cc4ccccc4F)[nH]c(=O)c23)cc1C. The van der Waals surface area contributed by atoms with Crippen LogP contribution in [0.5, 0.6) is 0 Å². The summed E-state index contributed by atoms with van der Waals surface area (Å²) in [6.07, 6.45) is 0.259. The van der Waals surface area contributed by atoms with Gasteiger partial charge in [-0.3, -0.25) is 4.79 Å². The van der Waals surface area contributed by atoms with Crippen LogP contribution in [0.15, 0.2) is 52.6 Å². The first-order chi connectivity index (χ1) is 12.5. The molecule has 4 rings (SSSR count). The van der Waals surface area contributed by atoms with E-state index in [9.17, 15) is 9.18 Å². The number of nitrogens with zero attached hydrogens (tertiary/aromatic N) is 1. The summed E-state index contributed by atoms with van der Waals surface area (Å²) in [5, 5.41) is 2.56. The maximum absolute atomic E-state index is 13.9. The summed E-state index contributed by atoms with van der Waals surface area (Å²) in [7, 11) is 0. The molecule has 0 saturated heterocycles. The highest BCUT2D eigenvalue weighted by molar-refractivity contribution is 7.17. The molecule has 0 aliphatic rings. The lowest BCUT2D eigenvalue weighted by molar-refractivity contribution is 0.612. The van der Waals surface area contributed by atoms with Crippen LogP contribution in [0.1, 0.15) is 22.5 Å². The highest BCUT2D eigenvalue weighted by Gasteiger charge is 2.14. The van der Waals surface area contributed by atoms with Crippen molar-refractivity contribution in [3.05, 3.63) is 86.5 Å². The second-order valence-corrected chi connectivity index (χ2v) is 7.27. The first-order valence-corrected chi connectivity index (χ1v) is 9.22. The Morgan fingerprint density at radius 1 is 1.12 bits per heavy atom. The van der Waals surface area contributed by atoms with Gasteiger partial charge >= 0.3 is 0 Å². The Balaban J connectivity index is 1.79. The van der Waals surface area contributed by atoms with Gasteiger partial charge in [0.05, 0.1) is 5.39 Å². The summed E-state index contributed by atoms with van der Waals surface area (Å²) in [6, 6.07) is 12.7. The molecule has 0 radical (unpaired) electrons. The Labute approximate surface area is 154 Å². The van der Waals surface area contributed by atoms with Crippen LogP contribution in [-0.2, 0) is 6.42 Å². The average Bonchev–Trinajstić information content (AvgIpc) is 3.04. The zero-order valence-corrected chi connectivity index (χ0v) is 15.3. The van der Waals surface area contributed by atoms with Crippen LogP contribution in [0.2, 0.25) is 0 Å². The zero-order chi connectivity index (χ0) is 18.3. The molecule has 0 amide bonds. The maximum Gasteiger partial charge on any atom is 0.260 e. The van der Waals surface area contributed by atoms with Gasteiger partial charge in [0, 0.05) is 17.4 Å². The van der Waals surface area contributed by atoms with Crippen molar-refractivity contribution in [2.75, 3.05) is 0 Å². The van der Waals surface area contributed by atoms with Crippen molar-refractivity contribution in [3.63, 3.8) is 0 Å². The van der Waals surface area contributed by atoms with Gasteiger partial charge in [-0.15, -0.1) is 11.3 Å². The number of halogens is 1. The number of hydrogen-bond acceptors (Lipinski definition) is 3. The summed E-state index contributed by atoms with van der Waals surface area (Å²) in [5.41, 5.74) is 4.62. The second-order valence-electron chi connectivity index (χ2n) is 6.41. The van der Waals surface area contributed by atoms with E-state index in [4.69, 9.17) is 0 Å². The quantitative estimate of drug-likeness (QED) is 0.556. The number of fused-ring (bicyclic) bond motifs is 1. The van der Waals surface area contributed by atoms with Crippen LogP contribution in [0.25, 0.3) is 21.3 Å². The van der Waals surface area contributed by atoms with Crippen LogP contribution >= 0.6 is 11.3 Å². The van der Waals surface area contributed by atoms with Crippen molar-refractivity contribution in [2.45, 2.75) is 20.3 Å². The molecule has 2 aromatic heterocycles. The minimum absolute atomic E-state index is 0.184. The van der Waals surface area contributed by atoms with Gasteiger partial charge in [-0.1, -0.05) is 36.4 Å². The van der Waals surface area contributed by atoms with Gasteiger partial charge in [0.15, 0.2) is 0 Å². The summed E-state index contributed by atoms with van der Waals surface area (Å²) < 4.78 is 13.9. The number of aromatic nitrogens is 2. The van der Waals surface area contributed by atoms with Gasteiger partial charge < -0.3 is 4.98 Å². The molecule has 0 saturated carbocycles. The fourth-order valence-corrected chi connectivity index (χ4v) is 3.99. The van der Waals surface area contributed by atoms with Gasteiger partial charge in [-0.05, 0) is 42.2 Å². The van der Waals surface area contributed by atoms with Crippen LogP contribution in [-0.4, -0.2) is 9.97 Å². The van der Waals surface area contributed by atoms with Gasteiger partial charge in [0.25, 0.3) is 5.56 Å². The Hall–Kier alpha value is -2.79. The van der Waals surface area contributed by atoms with Crippen molar-refractivity contribution >= 4 is 21.6 Å². The topological polar surface area (TPSA) is 45.8 Å². The molecule has 2 aromatic carbocycles. The number of aromatic amines is 1. The molecule has 0 aliphatic heterocycles. The molecule has 2 heterocycles. The summed E-state index contributed by atoms with van der Waals surface area (Å²) in [6.45, 7) is 4.12. The highest BCUT2D eigenvalue weighted by Crippen LogP contribution is 2.31. The monoisotopic (exact) mass is 364 g/mol. The largest absolute Gasteiger partial charge is 0.310 e. The van der Waals surface area contributed by atoms with Crippen LogP contribution in [0.4, 0.5) is 4.39 Å². The van der Waals surface area contributed by atoms with E-state index in [-0.39, 0.29) is 17.8 Å². The van der Waals surface area contributed by atoms with Gasteiger partial charge in [-0.2, -0.15) is 0 Å². The predicted molar refractivity (Wildman–Crippen MR) is 104 cm³/mol. The number of H-pyrrole nitrogens is 1. The van der Waals surface area contributed by atoms with Crippen LogP contribution in [0, 0.1) is 19.7 Å². The summed E-state index contributed by atoms with van der Waals surface area (Å²) >= 11 is 1.44. The molecule has 3 nitrogen and oxygen atoms in total. The first kappa shape index (κ1) is 16.7. The smallest absolute Gasteiger partial charge is 0.260 e. The second kappa shape index (κ2) is 6.50. The molecule has 5 heteroatoms. The molecule has 1 N–H and O–H groups in total. The van der Waals surface area contributed by atoms with Gasteiger partial charge in [0.2, 0.25) is 0 Å². The van der Waals surface area contributed by atoms with Crippen molar-refractivity contribution in [1.82, 2.24) is 9.97 Å². The molecular formula is C21H17FN2OS. The van der Waals surface area contributed by atoms with Crippen molar-refractivity contribution in [3.8, 4) is 11.1 Å². The molecule has 0 spiro atoms. The summed E-state index contributed by atoms with van der Waals surface area (Å²) in [5.74, 6) is 0.179. The number of aryl methyl sites for hydroxylation is 2. The van der Waals surface area contributed by atoms with E-state index in [1.54, 1.807) is 18.2 Å². The molecule has 130 valence electrons. The highest BCUT2D eigenvalue weighted by atomic mass is 32.1. The Bertz CT molecular complexity index is 1180. The molecule has 0 aliphatic carbocycles. The van der Waals surface area contributed by atoms with E-state index in [1.165, 1.54) is 28.5 Å². The van der Waals surface area contributed by atoms with E-state index in [0.29, 0.717) is 21.6 Å². The van der Waals surface area contributed by atoms with Gasteiger partial charge in [-0.25, -0.2) is 9.37 Å². The zero-order valence-electron chi connectivity index (χ0n) is 14.5. The van der Waals surface area contributed by atoms with E-state index >= 15 is 0 Å². The number of rotatable bonds is 3. The van der Waals surface area contributed by atoms with E-state index in [1.807, 2.05) is 11.4 Å². The van der Waals surface area contributed by atoms with E-state index < -0.39 is 0 Å². The molecule has 0 fully saturated rings. The normalized spacial score (nSPS) is 11.2. The number of hydrogen-bond donors (Lipinski definition) is 1. The lowest BCUT2D eigenvalue weighted by atomic mass is 10.0. The minimum Gasteiger partial charge on any atom is -0.310 e. The number of benzene rings is 2. The van der Waals surface area contributed by atoms with Crippen molar-refractivity contribution in [1.29, 1.82) is 0 Å². The predicted octanol–water partition coefficient (Wildman–Crippen LogP) is 5.00.